The van der Waals surface area contributed by atoms with E-state index in [1.807, 2.05) is 0 Å². The van der Waals surface area contributed by atoms with Crippen molar-refractivity contribution in [1.29, 1.82) is 0 Å². The second kappa shape index (κ2) is 7.17. The van der Waals surface area contributed by atoms with Crippen LogP contribution in [0.2, 0.25) is 0 Å². The summed E-state index contributed by atoms with van der Waals surface area (Å²) < 4.78 is 32.5. The maximum Gasteiger partial charge on any atom is 0.257 e. The van der Waals surface area contributed by atoms with E-state index in [1.165, 1.54) is 34.9 Å². The van der Waals surface area contributed by atoms with Gasteiger partial charge in [-0.2, -0.15) is 4.31 Å². The Morgan fingerprint density at radius 2 is 2.00 bits per heavy atom. The molecule has 0 bridgehead atoms. The molecule has 2 heterocycles. The summed E-state index contributed by atoms with van der Waals surface area (Å²) in [7, 11) is -2.29. The summed E-state index contributed by atoms with van der Waals surface area (Å²) in [5.41, 5.74) is 0.233. The van der Waals surface area contributed by atoms with Crippen LogP contribution in [0, 0.1) is 0 Å². The highest BCUT2D eigenvalue weighted by Gasteiger charge is 2.31. The summed E-state index contributed by atoms with van der Waals surface area (Å²) in [6.45, 7) is 0.966. The van der Waals surface area contributed by atoms with Crippen molar-refractivity contribution >= 4 is 32.4 Å². The van der Waals surface area contributed by atoms with Crippen LogP contribution >= 0.6 is 11.3 Å². The molecule has 1 N–H and O–H groups in total. The predicted octanol–water partition coefficient (Wildman–Crippen LogP) is 2.46. The minimum absolute atomic E-state index is 0.00971. The molecule has 10 heteroatoms. The lowest BCUT2D eigenvalue weighted by Crippen LogP contribution is -2.28. The van der Waals surface area contributed by atoms with Crippen LogP contribution in [0.15, 0.2) is 23.1 Å². The molecule has 0 radical (unpaired) electrons. The topological polar surface area (TPSA) is 101 Å². The van der Waals surface area contributed by atoms with Gasteiger partial charge in [0.25, 0.3) is 5.91 Å². The molecule has 0 spiro atoms. The van der Waals surface area contributed by atoms with Crippen LogP contribution in [-0.2, 0) is 10.0 Å². The molecule has 2 fully saturated rings. The van der Waals surface area contributed by atoms with Crippen LogP contribution < -0.4 is 10.1 Å². The highest BCUT2D eigenvalue weighted by atomic mass is 32.2. The normalized spacial score (nSPS) is 17.8. The van der Waals surface area contributed by atoms with Gasteiger partial charge in [0.05, 0.1) is 7.11 Å². The number of methoxy groups -OCH3 is 1. The van der Waals surface area contributed by atoms with Crippen LogP contribution in [-0.4, -0.2) is 49.0 Å². The fourth-order valence-corrected chi connectivity index (χ4v) is 5.64. The van der Waals surface area contributed by atoms with Crippen molar-refractivity contribution in [2.45, 2.75) is 36.5 Å². The fourth-order valence-electron chi connectivity index (χ4n) is 3.04. The standard InChI is InChI=1S/C17H20N4O4S2/c1-25-13-7-6-12(10-14(13)27(23,24)21-8-2-3-9-21)15(22)18-17-20-19-16(26-17)11-4-5-11/h6-7,10-11H,2-5,8-9H2,1H3,(H,18,20,22). The third-order valence-corrected chi connectivity index (χ3v) is 7.62. The van der Waals surface area contributed by atoms with Gasteiger partial charge in [0.1, 0.15) is 15.7 Å². The van der Waals surface area contributed by atoms with E-state index in [-0.39, 0.29) is 16.2 Å². The molecule has 2 aliphatic rings. The number of benzene rings is 1. The van der Waals surface area contributed by atoms with Gasteiger partial charge >= 0.3 is 0 Å². The lowest BCUT2D eigenvalue weighted by Gasteiger charge is -2.18. The van der Waals surface area contributed by atoms with Crippen LogP contribution in [0.1, 0.15) is 47.0 Å². The summed E-state index contributed by atoms with van der Waals surface area (Å²) in [4.78, 5) is 12.6. The number of sulfonamides is 1. The first-order valence-corrected chi connectivity index (χ1v) is 11.1. The number of nitrogens with one attached hydrogen (secondary N) is 1. The van der Waals surface area contributed by atoms with Crippen LogP contribution in [0.3, 0.4) is 0 Å². The monoisotopic (exact) mass is 408 g/mol. The van der Waals surface area contributed by atoms with E-state index >= 15 is 0 Å². The first kappa shape index (κ1) is 18.3. The molecular weight excluding hydrogens is 388 g/mol. The summed E-state index contributed by atoms with van der Waals surface area (Å²) in [5, 5.41) is 12.1. The molecule has 1 saturated carbocycles. The van der Waals surface area contributed by atoms with Gasteiger partial charge < -0.3 is 4.74 Å². The zero-order valence-electron chi connectivity index (χ0n) is 14.8. The molecule has 0 atom stereocenters. The number of aromatic nitrogens is 2. The predicted molar refractivity (Wildman–Crippen MR) is 101 cm³/mol. The summed E-state index contributed by atoms with van der Waals surface area (Å²) in [6, 6.07) is 4.41. The molecule has 8 nitrogen and oxygen atoms in total. The van der Waals surface area contributed by atoms with Gasteiger partial charge in [-0.1, -0.05) is 11.3 Å². The van der Waals surface area contributed by atoms with Crippen molar-refractivity contribution in [1.82, 2.24) is 14.5 Å². The van der Waals surface area contributed by atoms with E-state index < -0.39 is 15.9 Å². The van der Waals surface area contributed by atoms with Gasteiger partial charge in [-0.05, 0) is 43.9 Å². The molecule has 1 aromatic carbocycles. The van der Waals surface area contributed by atoms with Crippen molar-refractivity contribution in [3.05, 3.63) is 28.8 Å². The quantitative estimate of drug-likeness (QED) is 0.788. The summed E-state index contributed by atoms with van der Waals surface area (Å²) in [6.07, 6.45) is 3.89. The van der Waals surface area contributed by atoms with E-state index in [2.05, 4.69) is 15.5 Å². The Labute approximate surface area is 161 Å². The minimum Gasteiger partial charge on any atom is -0.495 e. The number of nitrogens with zero attached hydrogens (tertiary/aromatic N) is 3. The number of hydrogen-bond donors (Lipinski definition) is 1. The molecule has 27 heavy (non-hydrogen) atoms. The number of hydrogen-bond acceptors (Lipinski definition) is 7. The summed E-state index contributed by atoms with van der Waals surface area (Å²) in [5.74, 6) is 0.269. The van der Waals surface area contributed by atoms with Gasteiger partial charge in [0, 0.05) is 24.6 Å². The average molecular weight is 409 g/mol. The molecule has 1 aliphatic carbocycles. The molecule has 1 saturated heterocycles. The highest BCUT2D eigenvalue weighted by Crippen LogP contribution is 2.42. The number of anilines is 1. The second-order valence-corrected chi connectivity index (χ2v) is 9.57. The van der Waals surface area contributed by atoms with Gasteiger partial charge in [0.2, 0.25) is 15.2 Å². The molecule has 1 aromatic heterocycles. The smallest absolute Gasteiger partial charge is 0.257 e. The van der Waals surface area contributed by atoms with E-state index in [0.29, 0.717) is 24.1 Å². The Balaban J connectivity index is 1.59. The molecule has 1 aliphatic heterocycles. The lowest BCUT2D eigenvalue weighted by molar-refractivity contribution is 0.102. The molecule has 1 amide bonds. The van der Waals surface area contributed by atoms with E-state index in [1.54, 1.807) is 6.07 Å². The summed E-state index contributed by atoms with van der Waals surface area (Å²) >= 11 is 1.36. The van der Waals surface area contributed by atoms with Gasteiger partial charge in [-0.3, -0.25) is 10.1 Å². The van der Waals surface area contributed by atoms with Crippen molar-refractivity contribution in [3.8, 4) is 5.75 Å². The zero-order valence-corrected chi connectivity index (χ0v) is 16.5. The zero-order chi connectivity index (χ0) is 19.0. The largest absolute Gasteiger partial charge is 0.495 e. The number of rotatable bonds is 6. The maximum atomic E-state index is 12.9. The first-order chi connectivity index (χ1) is 13.0. The van der Waals surface area contributed by atoms with Gasteiger partial charge in [0.15, 0.2) is 0 Å². The second-order valence-electron chi connectivity index (χ2n) is 6.65. The highest BCUT2D eigenvalue weighted by molar-refractivity contribution is 7.89. The van der Waals surface area contributed by atoms with Crippen molar-refractivity contribution in [3.63, 3.8) is 0 Å². The van der Waals surface area contributed by atoms with Gasteiger partial charge in [-0.15, -0.1) is 10.2 Å². The van der Waals surface area contributed by atoms with Crippen LogP contribution in [0.4, 0.5) is 5.13 Å². The molecular formula is C17H20N4O4S2. The third kappa shape index (κ3) is 3.69. The van der Waals surface area contributed by atoms with E-state index in [0.717, 1.165) is 30.7 Å². The molecule has 144 valence electrons. The van der Waals surface area contributed by atoms with Crippen molar-refractivity contribution in [2.75, 3.05) is 25.5 Å². The van der Waals surface area contributed by atoms with E-state index in [4.69, 9.17) is 4.74 Å². The minimum atomic E-state index is -3.71. The number of ether oxygens (including phenoxy) is 1. The molecule has 0 unspecified atom stereocenters. The average Bonchev–Trinajstić information content (AvgIpc) is 3.17. The Morgan fingerprint density at radius 3 is 2.67 bits per heavy atom. The Hall–Kier alpha value is -2.04. The fraction of sp³-hybridized carbons (Fsp3) is 0.471. The van der Waals surface area contributed by atoms with Crippen LogP contribution in [0.5, 0.6) is 5.75 Å². The Bertz CT molecular complexity index is 963. The van der Waals surface area contributed by atoms with Crippen molar-refractivity contribution < 1.29 is 17.9 Å². The SMILES string of the molecule is COc1ccc(C(=O)Nc2nnc(C3CC3)s2)cc1S(=O)(=O)N1CCCC1. The maximum absolute atomic E-state index is 12.9. The molecule has 4 rings (SSSR count). The van der Waals surface area contributed by atoms with Crippen LogP contribution in [0.25, 0.3) is 0 Å². The Kier molecular flexibility index (Phi) is 4.87. The lowest BCUT2D eigenvalue weighted by atomic mass is 10.2. The Morgan fingerprint density at radius 1 is 1.26 bits per heavy atom. The molecule has 2 aromatic rings. The van der Waals surface area contributed by atoms with E-state index in [9.17, 15) is 13.2 Å². The third-order valence-electron chi connectivity index (χ3n) is 4.70. The number of amides is 1. The van der Waals surface area contributed by atoms with Gasteiger partial charge in [-0.25, -0.2) is 8.42 Å². The van der Waals surface area contributed by atoms with Crippen molar-refractivity contribution in [2.24, 2.45) is 0 Å². The first-order valence-electron chi connectivity index (χ1n) is 8.82. The number of carbonyl (C=O) groups excluding carboxylic acids is 1. The number of carbonyl (C=O) groups is 1.